The number of carbonyl (C=O) groups excluding carboxylic acids is 1. The zero-order valence-corrected chi connectivity index (χ0v) is 16.3. The van der Waals surface area contributed by atoms with E-state index in [1.807, 2.05) is 24.3 Å². The number of rotatable bonds is 6. The molecule has 3 aromatic rings. The number of ether oxygens (including phenoxy) is 1. The molecule has 7 nitrogen and oxygen atoms in total. The lowest BCUT2D eigenvalue weighted by Crippen LogP contribution is -2.23. The molecule has 1 atom stereocenters. The lowest BCUT2D eigenvalue weighted by Gasteiger charge is -2.11. The number of carbonyl (C=O) groups is 1. The number of hydrogen-bond acceptors (Lipinski definition) is 6. The maximum atomic E-state index is 12.4. The van der Waals surface area contributed by atoms with E-state index in [0.29, 0.717) is 21.7 Å². The lowest BCUT2D eigenvalue weighted by atomic mass is 10.2. The summed E-state index contributed by atoms with van der Waals surface area (Å²) in [5.41, 5.74) is 1.43. The van der Waals surface area contributed by atoms with E-state index in [4.69, 9.17) is 22.2 Å². The normalized spacial score (nSPS) is 11.8. The van der Waals surface area contributed by atoms with Crippen molar-refractivity contribution in [1.82, 2.24) is 14.9 Å². The highest BCUT2D eigenvalue weighted by molar-refractivity contribution is 8.00. The molecule has 0 spiro atoms. The van der Waals surface area contributed by atoms with Crippen molar-refractivity contribution in [2.24, 2.45) is 0 Å². The molecule has 0 bridgehead atoms. The van der Waals surface area contributed by atoms with Crippen LogP contribution in [-0.4, -0.2) is 33.1 Å². The molecule has 0 unspecified atom stereocenters. The predicted molar refractivity (Wildman–Crippen MR) is 108 cm³/mol. The van der Waals surface area contributed by atoms with Gasteiger partial charge in [0.05, 0.1) is 12.4 Å². The molecule has 0 fully saturated rings. The molecule has 1 aromatic heterocycles. The third kappa shape index (κ3) is 4.53. The minimum Gasteiger partial charge on any atom is -0.497 e. The van der Waals surface area contributed by atoms with Crippen LogP contribution in [0.3, 0.4) is 0 Å². The van der Waals surface area contributed by atoms with Crippen molar-refractivity contribution >= 4 is 35.0 Å². The van der Waals surface area contributed by atoms with Crippen molar-refractivity contribution in [2.45, 2.75) is 17.3 Å². The second-order valence-electron chi connectivity index (χ2n) is 5.66. The molecule has 0 aliphatic rings. The Morgan fingerprint density at radius 3 is 2.67 bits per heavy atom. The van der Waals surface area contributed by atoms with Crippen LogP contribution in [0.4, 0.5) is 5.69 Å². The molecular weight excluding hydrogens is 386 g/mol. The number of nitrogens with zero attached hydrogens (tertiary/aromatic N) is 3. The second-order valence-corrected chi connectivity index (χ2v) is 7.41. The van der Waals surface area contributed by atoms with Gasteiger partial charge in [0.2, 0.25) is 11.1 Å². The average molecular weight is 404 g/mol. The molecule has 140 valence electrons. The van der Waals surface area contributed by atoms with Crippen molar-refractivity contribution in [1.29, 1.82) is 0 Å². The van der Waals surface area contributed by atoms with E-state index in [1.54, 1.807) is 38.3 Å². The minimum atomic E-state index is -0.431. The summed E-state index contributed by atoms with van der Waals surface area (Å²) in [4.78, 5) is 12.4. The van der Waals surface area contributed by atoms with Crippen LogP contribution in [-0.2, 0) is 4.79 Å². The van der Waals surface area contributed by atoms with E-state index in [-0.39, 0.29) is 5.91 Å². The number of hydrogen-bond donors (Lipinski definition) is 2. The van der Waals surface area contributed by atoms with Gasteiger partial charge >= 0.3 is 0 Å². The molecule has 1 amide bonds. The van der Waals surface area contributed by atoms with Gasteiger partial charge in [-0.05, 0) is 49.4 Å². The Morgan fingerprint density at radius 1 is 1.26 bits per heavy atom. The number of benzene rings is 2. The number of nitrogens with two attached hydrogens (primary N) is 1. The van der Waals surface area contributed by atoms with Gasteiger partial charge in [-0.15, -0.1) is 10.2 Å². The van der Waals surface area contributed by atoms with Crippen LogP contribution in [0, 0.1) is 0 Å². The smallest absolute Gasteiger partial charge is 0.237 e. The Hall–Kier alpha value is -2.71. The van der Waals surface area contributed by atoms with E-state index in [2.05, 4.69) is 15.5 Å². The van der Waals surface area contributed by atoms with Gasteiger partial charge in [-0.2, -0.15) is 0 Å². The zero-order valence-electron chi connectivity index (χ0n) is 14.7. The fraction of sp³-hybridized carbons (Fsp3) is 0.167. The molecular formula is C18H18ClN5O2S. The highest BCUT2D eigenvalue weighted by atomic mass is 35.5. The fourth-order valence-electron chi connectivity index (χ4n) is 2.32. The van der Waals surface area contributed by atoms with Gasteiger partial charge in [0.1, 0.15) is 5.75 Å². The van der Waals surface area contributed by atoms with Crippen molar-refractivity contribution in [3.8, 4) is 17.1 Å². The summed E-state index contributed by atoms with van der Waals surface area (Å²) < 4.78 is 6.52. The van der Waals surface area contributed by atoms with Crippen LogP contribution in [0.2, 0.25) is 5.02 Å². The van der Waals surface area contributed by atoms with E-state index in [0.717, 1.165) is 11.3 Å². The second kappa shape index (κ2) is 8.32. The summed E-state index contributed by atoms with van der Waals surface area (Å²) in [6.45, 7) is 1.77. The summed E-state index contributed by atoms with van der Waals surface area (Å²) in [5, 5.41) is 11.6. The molecule has 9 heteroatoms. The fourth-order valence-corrected chi connectivity index (χ4v) is 3.28. The first kappa shape index (κ1) is 19.1. The monoisotopic (exact) mass is 403 g/mol. The summed E-state index contributed by atoms with van der Waals surface area (Å²) in [6.07, 6.45) is 0. The van der Waals surface area contributed by atoms with Crippen LogP contribution in [0.15, 0.2) is 53.7 Å². The van der Waals surface area contributed by atoms with Crippen LogP contribution in [0.5, 0.6) is 5.75 Å². The molecule has 0 radical (unpaired) electrons. The molecule has 27 heavy (non-hydrogen) atoms. The van der Waals surface area contributed by atoms with Gasteiger partial charge in [0.15, 0.2) is 5.82 Å². The molecule has 3 N–H and O–H groups in total. The Labute approximate surface area is 165 Å². The van der Waals surface area contributed by atoms with Crippen molar-refractivity contribution in [3.63, 3.8) is 0 Å². The topological polar surface area (TPSA) is 95.1 Å². The van der Waals surface area contributed by atoms with Crippen LogP contribution in [0.1, 0.15) is 6.92 Å². The molecule has 0 aliphatic heterocycles. The Morgan fingerprint density at radius 2 is 2.00 bits per heavy atom. The average Bonchev–Trinajstić information content (AvgIpc) is 3.02. The molecule has 0 saturated heterocycles. The van der Waals surface area contributed by atoms with Crippen LogP contribution >= 0.6 is 23.4 Å². The minimum absolute atomic E-state index is 0.184. The van der Waals surface area contributed by atoms with Crippen molar-refractivity contribution in [3.05, 3.63) is 53.6 Å². The van der Waals surface area contributed by atoms with Gasteiger partial charge in [-0.1, -0.05) is 29.4 Å². The summed E-state index contributed by atoms with van der Waals surface area (Å²) in [5.74, 6) is 7.17. The molecule has 0 saturated carbocycles. The summed E-state index contributed by atoms with van der Waals surface area (Å²) in [7, 11) is 1.60. The van der Waals surface area contributed by atoms with E-state index >= 15 is 0 Å². The highest BCUT2D eigenvalue weighted by Gasteiger charge is 2.20. The maximum absolute atomic E-state index is 12.4. The number of aromatic nitrogens is 3. The Bertz CT molecular complexity index is 945. The SMILES string of the molecule is COc1ccc(-c2nnc(S[C@@H](C)C(=O)Nc3cccc(Cl)c3)n2N)cc1. The van der Waals surface area contributed by atoms with Crippen LogP contribution < -0.4 is 15.9 Å². The summed E-state index contributed by atoms with van der Waals surface area (Å²) >= 11 is 7.16. The predicted octanol–water partition coefficient (Wildman–Crippen LogP) is 3.44. The van der Waals surface area contributed by atoms with Gasteiger partial charge in [0.25, 0.3) is 0 Å². The van der Waals surface area contributed by atoms with E-state index in [1.165, 1.54) is 16.4 Å². The number of amides is 1. The van der Waals surface area contributed by atoms with Gasteiger partial charge < -0.3 is 15.9 Å². The third-order valence-corrected chi connectivity index (χ3v) is 5.05. The number of methoxy groups -OCH3 is 1. The molecule has 1 heterocycles. The first-order chi connectivity index (χ1) is 13.0. The Kier molecular flexibility index (Phi) is 5.88. The van der Waals surface area contributed by atoms with Gasteiger partial charge in [-0.3, -0.25) is 4.79 Å². The highest BCUT2D eigenvalue weighted by Crippen LogP contribution is 2.26. The number of nitrogens with one attached hydrogen (secondary N) is 1. The zero-order chi connectivity index (χ0) is 19.4. The number of nitrogen functional groups attached to an aromatic ring is 1. The van der Waals surface area contributed by atoms with E-state index < -0.39 is 5.25 Å². The lowest BCUT2D eigenvalue weighted by molar-refractivity contribution is -0.115. The standard InChI is InChI=1S/C18H18ClN5O2S/c1-11(17(25)21-14-5-3-4-13(19)10-14)27-18-23-22-16(24(18)20)12-6-8-15(26-2)9-7-12/h3-11H,20H2,1-2H3,(H,21,25)/t11-/m0/s1. The first-order valence-electron chi connectivity index (χ1n) is 8.06. The molecule has 0 aliphatic carbocycles. The quantitative estimate of drug-likeness (QED) is 0.483. The Balaban J connectivity index is 1.70. The largest absolute Gasteiger partial charge is 0.497 e. The van der Waals surface area contributed by atoms with Crippen molar-refractivity contribution < 1.29 is 9.53 Å². The maximum Gasteiger partial charge on any atom is 0.237 e. The molecule has 3 rings (SSSR count). The first-order valence-corrected chi connectivity index (χ1v) is 9.31. The number of thioether (sulfide) groups is 1. The van der Waals surface area contributed by atoms with Gasteiger partial charge in [-0.25, -0.2) is 4.68 Å². The molecule has 2 aromatic carbocycles. The third-order valence-electron chi connectivity index (χ3n) is 3.76. The number of anilines is 1. The van der Waals surface area contributed by atoms with Crippen molar-refractivity contribution in [2.75, 3.05) is 18.3 Å². The van der Waals surface area contributed by atoms with E-state index in [9.17, 15) is 4.79 Å². The van der Waals surface area contributed by atoms with Crippen LogP contribution in [0.25, 0.3) is 11.4 Å². The number of halogens is 1. The van der Waals surface area contributed by atoms with Gasteiger partial charge in [0, 0.05) is 16.3 Å². The summed E-state index contributed by atoms with van der Waals surface area (Å²) in [6, 6.07) is 14.3.